The van der Waals surface area contributed by atoms with Gasteiger partial charge in [0.1, 0.15) is 5.65 Å². The molecule has 3 heterocycles. The van der Waals surface area contributed by atoms with E-state index < -0.39 is 17.2 Å². The Morgan fingerprint density at radius 3 is 2.83 bits per heavy atom. The first-order valence-corrected chi connectivity index (χ1v) is 10.2. The first-order chi connectivity index (χ1) is 14.3. The van der Waals surface area contributed by atoms with E-state index in [0.29, 0.717) is 21.4 Å². The Balaban J connectivity index is 1.71. The number of amides is 1. The number of H-pyrrole nitrogens is 1. The fourth-order valence-corrected chi connectivity index (χ4v) is 4.04. The third-order valence-electron chi connectivity index (χ3n) is 4.41. The highest BCUT2D eigenvalue weighted by Gasteiger charge is 2.12. The number of aromatic amines is 1. The van der Waals surface area contributed by atoms with Crippen molar-refractivity contribution in [1.29, 1.82) is 0 Å². The zero-order valence-electron chi connectivity index (χ0n) is 15.4. The van der Waals surface area contributed by atoms with E-state index in [1.807, 2.05) is 6.07 Å². The van der Waals surface area contributed by atoms with Crippen molar-refractivity contribution in [3.05, 3.63) is 88.9 Å². The molecule has 0 spiro atoms. The van der Waals surface area contributed by atoms with Crippen molar-refractivity contribution in [1.82, 2.24) is 19.1 Å². The molecule has 11 heteroatoms. The molecule has 0 aliphatic carbocycles. The van der Waals surface area contributed by atoms with E-state index in [1.165, 1.54) is 35.2 Å². The monoisotopic (exact) mass is 461 g/mol. The normalized spacial score (nSPS) is 11.9. The molecule has 1 amide bonds. The van der Waals surface area contributed by atoms with Gasteiger partial charge < -0.3 is 4.57 Å². The lowest BCUT2D eigenvalue weighted by Crippen LogP contribution is -2.29. The molecule has 1 aromatic carbocycles. The van der Waals surface area contributed by atoms with Crippen molar-refractivity contribution in [2.24, 2.45) is 12.0 Å². The Morgan fingerprint density at radius 2 is 2.07 bits per heavy atom. The quantitative estimate of drug-likeness (QED) is 0.506. The highest BCUT2D eigenvalue weighted by atomic mass is 35.5. The van der Waals surface area contributed by atoms with Gasteiger partial charge in [0.2, 0.25) is 0 Å². The molecular weight excluding hydrogens is 449 g/mol. The summed E-state index contributed by atoms with van der Waals surface area (Å²) in [5.74, 6) is -0.559. The van der Waals surface area contributed by atoms with Gasteiger partial charge in [0.05, 0.1) is 17.5 Å². The minimum absolute atomic E-state index is 0.130. The summed E-state index contributed by atoms with van der Waals surface area (Å²) in [4.78, 5) is 47.4. The fraction of sp³-hybridized carbons (Fsp3) is 0.105. The third-order valence-corrected chi connectivity index (χ3v) is 5.80. The van der Waals surface area contributed by atoms with E-state index in [-0.39, 0.29) is 16.6 Å². The van der Waals surface area contributed by atoms with Crippen LogP contribution in [0.15, 0.2) is 56.6 Å². The van der Waals surface area contributed by atoms with Gasteiger partial charge in [0.25, 0.3) is 11.5 Å². The van der Waals surface area contributed by atoms with Gasteiger partial charge in [-0.15, -0.1) is 11.3 Å². The van der Waals surface area contributed by atoms with Crippen molar-refractivity contribution in [2.75, 3.05) is 0 Å². The molecule has 1 N–H and O–H groups in total. The summed E-state index contributed by atoms with van der Waals surface area (Å²) in [6.45, 7) is 0.406. The minimum atomic E-state index is -0.612. The summed E-state index contributed by atoms with van der Waals surface area (Å²) < 4.78 is 2.98. The molecule has 0 unspecified atom stereocenters. The zero-order chi connectivity index (χ0) is 21.4. The molecular formula is C19H13Cl2N5O3S. The molecule has 0 aliphatic heterocycles. The van der Waals surface area contributed by atoms with Crippen LogP contribution in [0.1, 0.15) is 15.9 Å². The molecule has 4 rings (SSSR count). The van der Waals surface area contributed by atoms with Crippen LogP contribution < -0.4 is 16.1 Å². The highest BCUT2D eigenvalue weighted by molar-refractivity contribution is 7.07. The van der Waals surface area contributed by atoms with Gasteiger partial charge in [-0.05, 0) is 23.8 Å². The van der Waals surface area contributed by atoms with Crippen LogP contribution in [0.4, 0.5) is 0 Å². The van der Waals surface area contributed by atoms with Gasteiger partial charge in [-0.1, -0.05) is 29.3 Å². The number of carbonyl (C=O) groups is 1. The van der Waals surface area contributed by atoms with Gasteiger partial charge >= 0.3 is 5.69 Å². The summed E-state index contributed by atoms with van der Waals surface area (Å²) in [6.07, 6.45) is 3.09. The Hall–Kier alpha value is -3.01. The van der Waals surface area contributed by atoms with Crippen molar-refractivity contribution < 1.29 is 4.79 Å². The maximum atomic E-state index is 12.7. The molecule has 152 valence electrons. The number of halogens is 2. The third kappa shape index (κ3) is 3.87. The van der Waals surface area contributed by atoms with Gasteiger partial charge in [0.15, 0.2) is 4.80 Å². The number of aryl methyl sites for hydroxylation is 1. The number of fused-ring (bicyclic) bond motifs is 1. The Kier molecular flexibility index (Phi) is 5.42. The van der Waals surface area contributed by atoms with E-state index in [4.69, 9.17) is 23.2 Å². The second-order valence-electron chi connectivity index (χ2n) is 6.38. The summed E-state index contributed by atoms with van der Waals surface area (Å²) >= 11 is 13.5. The van der Waals surface area contributed by atoms with Crippen LogP contribution >= 0.6 is 34.5 Å². The van der Waals surface area contributed by atoms with Crippen LogP contribution in [-0.2, 0) is 13.6 Å². The number of hydrogen-bond acceptors (Lipinski definition) is 5. The Morgan fingerprint density at radius 1 is 1.27 bits per heavy atom. The number of pyridine rings is 1. The second-order valence-corrected chi connectivity index (χ2v) is 8.10. The second kappa shape index (κ2) is 8.02. The van der Waals surface area contributed by atoms with Gasteiger partial charge in [-0.3, -0.25) is 19.1 Å². The largest absolute Gasteiger partial charge is 0.329 e. The molecule has 8 nitrogen and oxygen atoms in total. The van der Waals surface area contributed by atoms with Gasteiger partial charge in [-0.25, -0.2) is 9.78 Å². The number of thiazole rings is 1. The SMILES string of the molecule is Cn1c(=O)[nH]c(=O)c2cc(C(=O)N=c3sccn3Cc3ccc(Cl)cc3Cl)cnc21. The highest BCUT2D eigenvalue weighted by Crippen LogP contribution is 2.21. The number of rotatable bonds is 3. The summed E-state index contributed by atoms with van der Waals surface area (Å²) in [7, 11) is 1.48. The van der Waals surface area contributed by atoms with Crippen molar-refractivity contribution in [2.45, 2.75) is 6.54 Å². The topological polar surface area (TPSA) is 102 Å². The predicted molar refractivity (Wildman–Crippen MR) is 115 cm³/mol. The molecule has 0 bridgehead atoms. The number of nitrogens with one attached hydrogen (secondary N) is 1. The number of hydrogen-bond donors (Lipinski definition) is 1. The van der Waals surface area contributed by atoms with Crippen LogP contribution in [0.3, 0.4) is 0 Å². The van der Waals surface area contributed by atoms with Crippen molar-refractivity contribution in [3.8, 4) is 0 Å². The molecule has 0 atom stereocenters. The number of benzene rings is 1. The van der Waals surface area contributed by atoms with Gasteiger partial charge in [0, 0.05) is 34.9 Å². The first-order valence-electron chi connectivity index (χ1n) is 8.59. The maximum Gasteiger partial charge on any atom is 0.329 e. The Labute approximate surface area is 182 Å². The van der Waals surface area contributed by atoms with Crippen LogP contribution in [0, 0.1) is 0 Å². The van der Waals surface area contributed by atoms with E-state index in [0.717, 1.165) is 5.56 Å². The maximum absolute atomic E-state index is 12.7. The molecule has 0 fully saturated rings. The first kappa shape index (κ1) is 20.3. The lowest BCUT2D eigenvalue weighted by Gasteiger charge is -2.06. The molecule has 0 saturated carbocycles. The average molecular weight is 462 g/mol. The smallest absolute Gasteiger partial charge is 0.319 e. The van der Waals surface area contributed by atoms with Crippen molar-refractivity contribution in [3.63, 3.8) is 0 Å². The van der Waals surface area contributed by atoms with Crippen LogP contribution in [0.5, 0.6) is 0 Å². The summed E-state index contributed by atoms with van der Waals surface area (Å²) in [5.41, 5.74) is -0.0451. The standard InChI is InChI=1S/C19H13Cl2N5O3S/c1-25-15-13(17(28)23-18(25)29)6-11(8-22-15)16(27)24-19-26(4-5-30-19)9-10-2-3-12(20)7-14(10)21/h2-8H,9H2,1H3,(H,23,28,29). The fourth-order valence-electron chi connectivity index (χ4n) is 2.85. The van der Waals surface area contributed by atoms with E-state index in [9.17, 15) is 14.4 Å². The van der Waals surface area contributed by atoms with Gasteiger partial charge in [-0.2, -0.15) is 4.99 Å². The average Bonchev–Trinajstić information content (AvgIpc) is 3.14. The molecule has 0 aliphatic rings. The van der Waals surface area contributed by atoms with Crippen LogP contribution in [0.2, 0.25) is 10.0 Å². The molecule has 0 radical (unpaired) electrons. The molecule has 0 saturated heterocycles. The summed E-state index contributed by atoms with van der Waals surface area (Å²) in [6, 6.07) is 6.58. The summed E-state index contributed by atoms with van der Waals surface area (Å²) in [5, 5.41) is 2.98. The van der Waals surface area contributed by atoms with E-state index in [2.05, 4.69) is 15.0 Å². The lowest BCUT2D eigenvalue weighted by molar-refractivity contribution is 0.0997. The lowest BCUT2D eigenvalue weighted by atomic mass is 10.2. The predicted octanol–water partition coefficient (Wildman–Crippen LogP) is 2.58. The number of aromatic nitrogens is 4. The van der Waals surface area contributed by atoms with E-state index >= 15 is 0 Å². The molecule has 3 aromatic heterocycles. The molecule has 30 heavy (non-hydrogen) atoms. The number of nitrogens with zero attached hydrogens (tertiary/aromatic N) is 4. The van der Waals surface area contributed by atoms with Crippen LogP contribution in [-0.4, -0.2) is 25.0 Å². The Bertz CT molecular complexity index is 1480. The molecule has 4 aromatic rings. The minimum Gasteiger partial charge on any atom is -0.319 e. The van der Waals surface area contributed by atoms with E-state index in [1.54, 1.807) is 28.3 Å². The zero-order valence-corrected chi connectivity index (χ0v) is 17.8. The number of carbonyl (C=O) groups excluding carboxylic acids is 1. The van der Waals surface area contributed by atoms with Crippen LogP contribution in [0.25, 0.3) is 11.0 Å². The van der Waals surface area contributed by atoms with Crippen molar-refractivity contribution >= 4 is 51.5 Å².